The zero-order valence-corrected chi connectivity index (χ0v) is 7.13. The van der Waals surface area contributed by atoms with Gasteiger partial charge in [-0.2, -0.15) is 0 Å². The van der Waals surface area contributed by atoms with Gasteiger partial charge >= 0.3 is 0 Å². The molecule has 0 aromatic carbocycles. The number of carbonyl (C=O) groups excluding carboxylic acids is 2. The van der Waals surface area contributed by atoms with Crippen LogP contribution in [0, 0.1) is 5.41 Å². The summed E-state index contributed by atoms with van der Waals surface area (Å²) in [5, 5.41) is 9.31. The molecule has 0 aromatic heterocycles. The molecule has 1 unspecified atom stereocenters. The van der Waals surface area contributed by atoms with Crippen LogP contribution in [-0.4, -0.2) is 23.3 Å². The third-order valence-corrected chi connectivity index (χ3v) is 1.53. The molecule has 0 spiro atoms. The Hall–Kier alpha value is -0.700. The molecule has 0 bridgehead atoms. The van der Waals surface area contributed by atoms with Crippen LogP contribution in [0.25, 0.3) is 0 Å². The number of carbonyl (C=O) groups is 2. The molecule has 11 heavy (non-hydrogen) atoms. The van der Waals surface area contributed by atoms with E-state index in [1.165, 1.54) is 0 Å². The van der Waals surface area contributed by atoms with Gasteiger partial charge in [-0.15, -0.1) is 0 Å². The molecule has 0 aliphatic rings. The van der Waals surface area contributed by atoms with Crippen molar-refractivity contribution in [2.45, 2.75) is 33.3 Å². The highest BCUT2D eigenvalue weighted by Gasteiger charge is 2.23. The Balaban J connectivity index is 3.97. The molecule has 3 nitrogen and oxygen atoms in total. The van der Waals surface area contributed by atoms with Gasteiger partial charge in [0.25, 0.3) is 0 Å². The van der Waals surface area contributed by atoms with Crippen molar-refractivity contribution in [3.63, 3.8) is 0 Å². The number of aldehydes is 1. The van der Waals surface area contributed by atoms with Crippen molar-refractivity contribution in [3.8, 4) is 0 Å². The van der Waals surface area contributed by atoms with Crippen molar-refractivity contribution in [3.05, 3.63) is 0 Å². The predicted molar refractivity (Wildman–Crippen MR) is 41.1 cm³/mol. The Morgan fingerprint density at radius 3 is 2.27 bits per heavy atom. The molecular formula is C8H14O3. The standard InChI is InChI=1S/C8H14O3/c1-8(2,3)7(11)4-6(10)5-9/h5,7,11H,4H2,1-3H3. The Bertz CT molecular complexity index is 155. The van der Waals surface area contributed by atoms with Crippen molar-refractivity contribution in [2.24, 2.45) is 5.41 Å². The van der Waals surface area contributed by atoms with E-state index in [9.17, 15) is 14.7 Å². The van der Waals surface area contributed by atoms with Crippen molar-refractivity contribution in [1.82, 2.24) is 0 Å². The molecule has 64 valence electrons. The van der Waals surface area contributed by atoms with Crippen LogP contribution in [0.5, 0.6) is 0 Å². The summed E-state index contributed by atoms with van der Waals surface area (Å²) in [5.41, 5.74) is -0.335. The van der Waals surface area contributed by atoms with Crippen LogP contribution in [0.2, 0.25) is 0 Å². The number of Topliss-reactive ketones (excluding diaryl/α,β-unsaturated/α-hetero) is 1. The molecule has 0 aliphatic heterocycles. The van der Waals surface area contributed by atoms with Crippen molar-refractivity contribution < 1.29 is 14.7 Å². The molecule has 0 rings (SSSR count). The zero-order chi connectivity index (χ0) is 9.07. The fourth-order valence-corrected chi connectivity index (χ4v) is 0.545. The Labute approximate surface area is 66.4 Å². The highest BCUT2D eigenvalue weighted by atomic mass is 16.3. The summed E-state index contributed by atoms with van der Waals surface area (Å²) < 4.78 is 0. The van der Waals surface area contributed by atoms with Gasteiger partial charge in [-0.3, -0.25) is 9.59 Å². The van der Waals surface area contributed by atoms with Crippen LogP contribution in [0.15, 0.2) is 0 Å². The van der Waals surface area contributed by atoms with Gasteiger partial charge in [0.2, 0.25) is 0 Å². The third kappa shape index (κ3) is 3.88. The van der Waals surface area contributed by atoms with E-state index < -0.39 is 11.9 Å². The molecule has 1 atom stereocenters. The number of rotatable bonds is 3. The molecule has 1 N–H and O–H groups in total. The molecule has 0 fully saturated rings. The molecular weight excluding hydrogens is 144 g/mol. The van der Waals surface area contributed by atoms with Gasteiger partial charge in [-0.25, -0.2) is 0 Å². The lowest BCUT2D eigenvalue weighted by Gasteiger charge is -2.24. The largest absolute Gasteiger partial charge is 0.392 e. The molecule has 3 heteroatoms. The number of hydrogen-bond donors (Lipinski definition) is 1. The van der Waals surface area contributed by atoms with Gasteiger partial charge in [0.1, 0.15) is 0 Å². The average Bonchev–Trinajstić information content (AvgIpc) is 1.85. The first-order chi connectivity index (χ1) is 4.88. The fraction of sp³-hybridized carbons (Fsp3) is 0.750. The number of aliphatic hydroxyl groups excluding tert-OH is 1. The predicted octanol–water partition coefficient (Wildman–Crippen LogP) is 0.551. The Kier molecular flexibility index (Phi) is 3.39. The molecule has 0 aliphatic carbocycles. The first kappa shape index (κ1) is 10.3. The Morgan fingerprint density at radius 1 is 1.55 bits per heavy atom. The lowest BCUT2D eigenvalue weighted by Crippen LogP contribution is -2.28. The van der Waals surface area contributed by atoms with E-state index in [2.05, 4.69) is 0 Å². The maximum absolute atomic E-state index is 10.5. The normalized spacial score (nSPS) is 14.2. The van der Waals surface area contributed by atoms with E-state index in [0.29, 0.717) is 0 Å². The topological polar surface area (TPSA) is 54.4 Å². The molecule has 0 aromatic rings. The minimum atomic E-state index is -0.736. The maximum Gasteiger partial charge on any atom is 0.197 e. The second-order valence-corrected chi connectivity index (χ2v) is 3.67. The Morgan fingerprint density at radius 2 is 2.00 bits per heavy atom. The third-order valence-electron chi connectivity index (χ3n) is 1.53. The van der Waals surface area contributed by atoms with Crippen molar-refractivity contribution in [2.75, 3.05) is 0 Å². The van der Waals surface area contributed by atoms with Crippen LogP contribution in [-0.2, 0) is 9.59 Å². The summed E-state index contributed by atoms with van der Waals surface area (Å²) in [6.07, 6.45) is -0.567. The van der Waals surface area contributed by atoms with E-state index in [1.807, 2.05) is 20.8 Å². The zero-order valence-electron chi connectivity index (χ0n) is 7.13. The monoisotopic (exact) mass is 158 g/mol. The summed E-state index contributed by atoms with van der Waals surface area (Å²) in [6.45, 7) is 5.45. The highest BCUT2D eigenvalue weighted by Crippen LogP contribution is 2.21. The smallest absolute Gasteiger partial charge is 0.197 e. The fourth-order valence-electron chi connectivity index (χ4n) is 0.545. The molecule has 0 heterocycles. The average molecular weight is 158 g/mol. The van der Waals surface area contributed by atoms with Gasteiger partial charge in [-0.1, -0.05) is 20.8 Å². The second-order valence-electron chi connectivity index (χ2n) is 3.67. The van der Waals surface area contributed by atoms with Crippen LogP contribution in [0.3, 0.4) is 0 Å². The quantitative estimate of drug-likeness (QED) is 0.482. The molecule has 0 saturated carbocycles. The van der Waals surface area contributed by atoms with Gasteiger partial charge < -0.3 is 5.11 Å². The van der Waals surface area contributed by atoms with Gasteiger partial charge in [0.05, 0.1) is 6.10 Å². The highest BCUT2D eigenvalue weighted by molar-refractivity contribution is 6.25. The van der Waals surface area contributed by atoms with Crippen LogP contribution in [0.4, 0.5) is 0 Å². The molecule has 0 saturated heterocycles. The van der Waals surface area contributed by atoms with Gasteiger partial charge in [0, 0.05) is 6.42 Å². The number of ketones is 1. The maximum atomic E-state index is 10.5. The van der Waals surface area contributed by atoms with Crippen LogP contribution < -0.4 is 0 Å². The summed E-state index contributed by atoms with van der Waals surface area (Å²) in [4.78, 5) is 20.4. The van der Waals surface area contributed by atoms with E-state index in [1.54, 1.807) is 0 Å². The SMILES string of the molecule is CC(C)(C)C(O)CC(=O)C=O. The van der Waals surface area contributed by atoms with Crippen LogP contribution >= 0.6 is 0 Å². The van der Waals surface area contributed by atoms with Crippen molar-refractivity contribution in [1.29, 1.82) is 0 Å². The van der Waals surface area contributed by atoms with E-state index in [-0.39, 0.29) is 18.1 Å². The number of hydrogen-bond acceptors (Lipinski definition) is 3. The first-order valence-corrected chi connectivity index (χ1v) is 3.54. The van der Waals surface area contributed by atoms with Crippen molar-refractivity contribution >= 4 is 12.1 Å². The molecule has 0 radical (unpaired) electrons. The minimum Gasteiger partial charge on any atom is -0.392 e. The summed E-state index contributed by atoms with van der Waals surface area (Å²) in [6, 6.07) is 0. The summed E-state index contributed by atoms with van der Waals surface area (Å²) >= 11 is 0. The van der Waals surface area contributed by atoms with Crippen LogP contribution in [0.1, 0.15) is 27.2 Å². The van der Waals surface area contributed by atoms with Gasteiger partial charge in [0.15, 0.2) is 12.1 Å². The summed E-state index contributed by atoms with van der Waals surface area (Å²) in [7, 11) is 0. The lowest BCUT2D eigenvalue weighted by atomic mass is 9.86. The second kappa shape index (κ2) is 3.62. The summed E-state index contributed by atoms with van der Waals surface area (Å²) in [5.74, 6) is -0.549. The van der Waals surface area contributed by atoms with E-state index in [0.717, 1.165) is 0 Å². The van der Waals surface area contributed by atoms with E-state index in [4.69, 9.17) is 0 Å². The first-order valence-electron chi connectivity index (χ1n) is 3.54. The number of aliphatic hydroxyl groups is 1. The van der Waals surface area contributed by atoms with E-state index >= 15 is 0 Å². The minimum absolute atomic E-state index is 0.0764. The molecule has 0 amide bonds. The lowest BCUT2D eigenvalue weighted by molar-refractivity contribution is -0.132. The van der Waals surface area contributed by atoms with Gasteiger partial charge in [-0.05, 0) is 5.41 Å².